The Balaban J connectivity index is 3.64. The minimum Gasteiger partial charge on any atom is -0.395 e. The van der Waals surface area contributed by atoms with E-state index in [1.807, 2.05) is 67.8 Å². The summed E-state index contributed by atoms with van der Waals surface area (Å²) in [6.45, 7) is 0.0818. The van der Waals surface area contributed by atoms with Crippen LogP contribution in [-0.2, 0) is 4.79 Å². The Bertz CT molecular complexity index is 759. The van der Waals surface area contributed by atoms with E-state index in [0.717, 1.165) is 4.90 Å². The molecular formula is C15H18I3N3O6. The molecule has 1 aromatic rings. The van der Waals surface area contributed by atoms with Crippen molar-refractivity contribution in [1.82, 2.24) is 4.90 Å². The number of nitrogens with one attached hydrogen (secondary N) is 1. The topological polar surface area (TPSA) is 153 Å². The molecule has 0 fully saturated rings. The normalized spacial score (nSPS) is 11.8. The minimum atomic E-state index is -1.19. The number of nitrogens with two attached hydrogens (primary N) is 1. The van der Waals surface area contributed by atoms with Crippen molar-refractivity contribution in [2.24, 2.45) is 5.73 Å². The van der Waals surface area contributed by atoms with Gasteiger partial charge in [0.1, 0.15) is 0 Å². The maximum absolute atomic E-state index is 13.1. The van der Waals surface area contributed by atoms with Crippen LogP contribution in [0.25, 0.3) is 0 Å². The van der Waals surface area contributed by atoms with Gasteiger partial charge in [0.15, 0.2) is 0 Å². The second-order valence-corrected chi connectivity index (χ2v) is 8.66. The van der Waals surface area contributed by atoms with E-state index in [1.165, 1.54) is 6.92 Å². The van der Waals surface area contributed by atoms with Gasteiger partial charge in [-0.3, -0.25) is 14.4 Å². The Labute approximate surface area is 196 Å². The number of benzene rings is 1. The van der Waals surface area contributed by atoms with Crippen molar-refractivity contribution < 1.29 is 29.7 Å². The molecule has 1 unspecified atom stereocenters. The summed E-state index contributed by atoms with van der Waals surface area (Å²) in [5.41, 5.74) is 5.97. The van der Waals surface area contributed by atoms with E-state index in [2.05, 4.69) is 5.32 Å². The molecular weight excluding hydrogens is 699 g/mol. The quantitative estimate of drug-likeness (QED) is 0.245. The molecule has 1 rings (SSSR count). The molecule has 0 heterocycles. The Hall–Kier alpha value is -0.300. The van der Waals surface area contributed by atoms with Crippen LogP contribution in [0.3, 0.4) is 0 Å². The Morgan fingerprint density at radius 3 is 2.11 bits per heavy atom. The zero-order chi connectivity index (χ0) is 20.9. The lowest BCUT2D eigenvalue weighted by Gasteiger charge is -2.26. The molecule has 0 spiro atoms. The van der Waals surface area contributed by atoms with Crippen molar-refractivity contribution in [3.05, 3.63) is 21.8 Å². The molecule has 150 valence electrons. The number of carbonyl (C=O) groups is 3. The molecule has 0 radical (unpaired) electrons. The second kappa shape index (κ2) is 11.0. The van der Waals surface area contributed by atoms with Crippen molar-refractivity contribution in [3.63, 3.8) is 0 Å². The second-order valence-electron chi connectivity index (χ2n) is 5.42. The molecule has 0 aliphatic heterocycles. The Morgan fingerprint density at radius 2 is 1.67 bits per heavy atom. The summed E-state index contributed by atoms with van der Waals surface area (Å²) in [5, 5.41) is 30.6. The number of amides is 3. The smallest absolute Gasteiger partial charge is 0.256 e. The van der Waals surface area contributed by atoms with Crippen LogP contribution in [0.5, 0.6) is 0 Å². The fraction of sp³-hybridized carbons (Fsp3) is 0.400. The highest BCUT2D eigenvalue weighted by Crippen LogP contribution is 2.36. The van der Waals surface area contributed by atoms with Crippen LogP contribution in [-0.4, -0.2) is 70.3 Å². The van der Waals surface area contributed by atoms with Crippen LogP contribution in [0.2, 0.25) is 0 Å². The molecule has 12 heteroatoms. The van der Waals surface area contributed by atoms with Gasteiger partial charge in [0.2, 0.25) is 5.91 Å². The largest absolute Gasteiger partial charge is 0.395 e. The third kappa shape index (κ3) is 6.09. The number of nitrogens with zero attached hydrogens (tertiary/aromatic N) is 1. The van der Waals surface area contributed by atoms with Gasteiger partial charge in [0.25, 0.3) is 11.8 Å². The molecule has 9 nitrogen and oxygen atoms in total. The monoisotopic (exact) mass is 717 g/mol. The number of aliphatic hydroxyl groups excluding tert-OH is 3. The first-order chi connectivity index (χ1) is 12.6. The van der Waals surface area contributed by atoms with Crippen LogP contribution >= 0.6 is 67.8 Å². The fourth-order valence-corrected chi connectivity index (χ4v) is 6.65. The van der Waals surface area contributed by atoms with Gasteiger partial charge in [-0.25, -0.2) is 0 Å². The summed E-state index contributed by atoms with van der Waals surface area (Å²) >= 11 is 5.60. The molecule has 0 saturated heterocycles. The van der Waals surface area contributed by atoms with Gasteiger partial charge in [0, 0.05) is 23.6 Å². The first-order valence-electron chi connectivity index (χ1n) is 7.53. The maximum atomic E-state index is 13.1. The van der Waals surface area contributed by atoms with E-state index in [1.54, 1.807) is 0 Å². The van der Waals surface area contributed by atoms with E-state index in [9.17, 15) is 24.6 Å². The van der Waals surface area contributed by atoms with Crippen LogP contribution in [0, 0.1) is 10.7 Å². The summed E-state index contributed by atoms with van der Waals surface area (Å²) in [7, 11) is 0. The van der Waals surface area contributed by atoms with Crippen molar-refractivity contribution in [2.45, 2.75) is 13.0 Å². The number of primary amides is 1. The van der Waals surface area contributed by atoms with Crippen LogP contribution in [0.1, 0.15) is 27.6 Å². The number of hydrogen-bond acceptors (Lipinski definition) is 6. The highest BCUT2D eigenvalue weighted by molar-refractivity contribution is 14.1. The maximum Gasteiger partial charge on any atom is 0.256 e. The lowest BCUT2D eigenvalue weighted by atomic mass is 10.1. The predicted molar refractivity (Wildman–Crippen MR) is 123 cm³/mol. The van der Waals surface area contributed by atoms with Crippen LogP contribution in [0.15, 0.2) is 0 Å². The number of rotatable bonds is 8. The molecule has 0 aromatic heterocycles. The van der Waals surface area contributed by atoms with Gasteiger partial charge >= 0.3 is 0 Å². The molecule has 27 heavy (non-hydrogen) atoms. The summed E-state index contributed by atoms with van der Waals surface area (Å²) in [5.74, 6) is -1.72. The van der Waals surface area contributed by atoms with E-state index in [0.29, 0.717) is 10.7 Å². The van der Waals surface area contributed by atoms with Crippen molar-refractivity contribution in [1.29, 1.82) is 0 Å². The highest BCUT2D eigenvalue weighted by Gasteiger charge is 2.30. The van der Waals surface area contributed by atoms with Crippen molar-refractivity contribution in [2.75, 3.05) is 31.6 Å². The number of anilines is 1. The zero-order valence-corrected chi connectivity index (χ0v) is 20.6. The lowest BCUT2D eigenvalue weighted by molar-refractivity contribution is -0.114. The average molecular weight is 717 g/mol. The van der Waals surface area contributed by atoms with Crippen LogP contribution in [0.4, 0.5) is 5.69 Å². The number of hydrogen-bond donors (Lipinski definition) is 5. The summed E-state index contributed by atoms with van der Waals surface area (Å²) < 4.78 is 1.10. The van der Waals surface area contributed by atoms with Crippen LogP contribution < -0.4 is 11.1 Å². The lowest BCUT2D eigenvalue weighted by Crippen LogP contribution is -2.41. The van der Waals surface area contributed by atoms with E-state index in [4.69, 9.17) is 10.8 Å². The third-order valence-electron chi connectivity index (χ3n) is 3.38. The number of carbonyl (C=O) groups excluding carboxylic acids is 3. The van der Waals surface area contributed by atoms with Gasteiger partial charge < -0.3 is 31.3 Å². The summed E-state index contributed by atoms with van der Waals surface area (Å²) in [4.78, 5) is 37.8. The van der Waals surface area contributed by atoms with Gasteiger partial charge in [-0.1, -0.05) is 0 Å². The standard InChI is InChI=1S/C15H18I3N3O6/c1-6(24)20-13-11(17)8(14(19)26)10(16)9(12(13)18)15(27)21(2-3-22)4-7(25)5-23/h7,22-23,25H,2-5H2,1H3,(H2,19,26)(H,20,24). The molecule has 1 aromatic carbocycles. The Morgan fingerprint density at radius 1 is 1.11 bits per heavy atom. The first-order valence-corrected chi connectivity index (χ1v) is 10.8. The summed E-state index contributed by atoms with van der Waals surface area (Å²) in [6, 6.07) is 0. The minimum absolute atomic E-state index is 0.0879. The molecule has 1 atom stereocenters. The van der Waals surface area contributed by atoms with E-state index >= 15 is 0 Å². The summed E-state index contributed by atoms with van der Waals surface area (Å²) in [6.07, 6.45) is -1.19. The average Bonchev–Trinajstić information content (AvgIpc) is 2.57. The molecule has 0 aliphatic rings. The van der Waals surface area contributed by atoms with Crippen molar-refractivity contribution >= 4 is 91.2 Å². The van der Waals surface area contributed by atoms with Gasteiger partial charge in [-0.2, -0.15) is 0 Å². The highest BCUT2D eigenvalue weighted by atomic mass is 127. The van der Waals surface area contributed by atoms with Gasteiger partial charge in [0.05, 0.1) is 43.3 Å². The third-order valence-corrected chi connectivity index (χ3v) is 6.61. The molecule has 0 aliphatic carbocycles. The van der Waals surface area contributed by atoms with E-state index < -0.39 is 24.5 Å². The first kappa shape index (κ1) is 24.7. The molecule has 6 N–H and O–H groups in total. The molecule has 3 amide bonds. The molecule has 0 bridgehead atoms. The van der Waals surface area contributed by atoms with Gasteiger partial charge in [-0.05, 0) is 67.8 Å². The van der Waals surface area contributed by atoms with E-state index in [-0.39, 0.29) is 42.4 Å². The Kier molecular flexibility index (Phi) is 10.1. The number of halogens is 3. The molecule has 0 saturated carbocycles. The van der Waals surface area contributed by atoms with Gasteiger partial charge in [-0.15, -0.1) is 0 Å². The fourth-order valence-electron chi connectivity index (χ4n) is 2.22. The predicted octanol–water partition coefficient (Wildman–Crippen LogP) is 0.345. The zero-order valence-electron chi connectivity index (χ0n) is 14.1. The van der Waals surface area contributed by atoms with Crippen molar-refractivity contribution in [3.8, 4) is 0 Å². The SMILES string of the molecule is CC(=O)Nc1c(I)c(C(N)=O)c(I)c(C(=O)N(CCO)CC(O)CO)c1I. The number of aliphatic hydroxyl groups is 3.